The molecule has 1 rings (SSSR count). The molecule has 0 aromatic carbocycles. The average molecular weight is 321 g/mol. The van der Waals surface area contributed by atoms with Gasteiger partial charge in [-0.2, -0.15) is 17.0 Å². The van der Waals surface area contributed by atoms with Gasteiger partial charge in [0.15, 0.2) is 0 Å². The van der Waals surface area contributed by atoms with Crippen molar-refractivity contribution in [1.82, 2.24) is 13.5 Å². The standard InChI is InChI=1S/C14H32N4O2S/c1-5-7-17(8-6-2)21(19,20)18-11-9-16(10-12-18)13-14(3,4)15/h5-13,15H2,1-4H3. The summed E-state index contributed by atoms with van der Waals surface area (Å²) in [4.78, 5) is 2.25. The maximum absolute atomic E-state index is 12.7. The van der Waals surface area contributed by atoms with Gasteiger partial charge in [0.1, 0.15) is 0 Å². The van der Waals surface area contributed by atoms with Crippen LogP contribution in [0.4, 0.5) is 0 Å². The molecule has 1 saturated heterocycles. The topological polar surface area (TPSA) is 69.9 Å². The molecule has 0 aromatic heterocycles. The molecular weight excluding hydrogens is 288 g/mol. The lowest BCUT2D eigenvalue weighted by molar-refractivity contribution is 0.157. The highest BCUT2D eigenvalue weighted by Gasteiger charge is 2.32. The normalized spacial score (nSPS) is 19.3. The highest BCUT2D eigenvalue weighted by molar-refractivity contribution is 7.86. The third-order valence-corrected chi connectivity index (χ3v) is 5.60. The molecule has 7 heteroatoms. The van der Waals surface area contributed by atoms with Crippen molar-refractivity contribution in [2.24, 2.45) is 5.73 Å². The van der Waals surface area contributed by atoms with Crippen LogP contribution in [-0.2, 0) is 10.2 Å². The highest BCUT2D eigenvalue weighted by Crippen LogP contribution is 2.14. The Morgan fingerprint density at radius 2 is 1.52 bits per heavy atom. The van der Waals surface area contributed by atoms with Crippen LogP contribution in [0, 0.1) is 0 Å². The largest absolute Gasteiger partial charge is 0.324 e. The molecule has 21 heavy (non-hydrogen) atoms. The second-order valence-electron chi connectivity index (χ2n) is 6.57. The molecule has 0 aromatic rings. The van der Waals surface area contributed by atoms with E-state index >= 15 is 0 Å². The number of piperazine rings is 1. The summed E-state index contributed by atoms with van der Waals surface area (Å²) in [5, 5.41) is 0. The molecule has 1 fully saturated rings. The summed E-state index contributed by atoms with van der Waals surface area (Å²) in [7, 11) is -3.31. The molecule has 126 valence electrons. The molecule has 1 aliphatic heterocycles. The molecule has 0 spiro atoms. The van der Waals surface area contributed by atoms with Crippen molar-refractivity contribution < 1.29 is 8.42 Å². The van der Waals surface area contributed by atoms with Gasteiger partial charge in [-0.15, -0.1) is 0 Å². The SMILES string of the molecule is CCCN(CCC)S(=O)(=O)N1CCN(CC(C)(C)N)CC1. The van der Waals surface area contributed by atoms with Crippen molar-refractivity contribution >= 4 is 10.2 Å². The van der Waals surface area contributed by atoms with E-state index in [0.29, 0.717) is 26.2 Å². The van der Waals surface area contributed by atoms with Gasteiger partial charge in [-0.25, -0.2) is 0 Å². The van der Waals surface area contributed by atoms with E-state index in [9.17, 15) is 8.42 Å². The summed E-state index contributed by atoms with van der Waals surface area (Å²) >= 11 is 0. The monoisotopic (exact) mass is 320 g/mol. The molecule has 0 amide bonds. The highest BCUT2D eigenvalue weighted by atomic mass is 32.2. The van der Waals surface area contributed by atoms with Gasteiger partial charge in [0, 0.05) is 51.4 Å². The number of nitrogens with two attached hydrogens (primary N) is 1. The summed E-state index contributed by atoms with van der Waals surface area (Å²) in [6.45, 7) is 12.7. The van der Waals surface area contributed by atoms with Crippen molar-refractivity contribution in [3.05, 3.63) is 0 Å². The lowest BCUT2D eigenvalue weighted by Gasteiger charge is -2.38. The van der Waals surface area contributed by atoms with Crippen molar-refractivity contribution in [2.45, 2.75) is 46.1 Å². The minimum atomic E-state index is -3.31. The molecule has 0 unspecified atom stereocenters. The Morgan fingerprint density at radius 3 is 1.90 bits per heavy atom. The zero-order valence-corrected chi connectivity index (χ0v) is 14.8. The van der Waals surface area contributed by atoms with Gasteiger partial charge in [0.2, 0.25) is 0 Å². The third kappa shape index (κ3) is 5.83. The second-order valence-corrected chi connectivity index (χ2v) is 8.50. The van der Waals surface area contributed by atoms with Crippen molar-refractivity contribution in [3.8, 4) is 0 Å². The van der Waals surface area contributed by atoms with Gasteiger partial charge < -0.3 is 5.73 Å². The van der Waals surface area contributed by atoms with Crippen LogP contribution in [0.1, 0.15) is 40.5 Å². The first-order valence-corrected chi connectivity index (χ1v) is 9.37. The van der Waals surface area contributed by atoms with E-state index in [1.165, 1.54) is 0 Å². The minimum absolute atomic E-state index is 0.239. The van der Waals surface area contributed by atoms with Crippen molar-refractivity contribution in [1.29, 1.82) is 0 Å². The van der Waals surface area contributed by atoms with Crippen LogP contribution in [0.3, 0.4) is 0 Å². The molecular formula is C14H32N4O2S. The van der Waals surface area contributed by atoms with E-state index in [2.05, 4.69) is 4.90 Å². The van der Waals surface area contributed by atoms with Gasteiger partial charge >= 0.3 is 0 Å². The first-order valence-electron chi connectivity index (χ1n) is 7.97. The zero-order valence-electron chi connectivity index (χ0n) is 14.0. The Labute approximate surface area is 130 Å². The Bertz CT molecular complexity index is 392. The Morgan fingerprint density at radius 1 is 1.05 bits per heavy atom. The summed E-state index contributed by atoms with van der Waals surface area (Å²) in [5.74, 6) is 0. The van der Waals surface area contributed by atoms with Crippen LogP contribution in [0.25, 0.3) is 0 Å². The fourth-order valence-corrected chi connectivity index (χ4v) is 4.48. The van der Waals surface area contributed by atoms with Gasteiger partial charge in [-0.3, -0.25) is 4.90 Å². The summed E-state index contributed by atoms with van der Waals surface area (Å²) in [5.41, 5.74) is 5.79. The van der Waals surface area contributed by atoms with Crippen molar-refractivity contribution in [2.75, 3.05) is 45.8 Å². The zero-order chi connectivity index (χ0) is 16.1. The summed E-state index contributed by atoms with van der Waals surface area (Å²) < 4.78 is 28.6. The van der Waals surface area contributed by atoms with E-state index in [1.807, 2.05) is 27.7 Å². The van der Waals surface area contributed by atoms with Gasteiger partial charge in [0.05, 0.1) is 0 Å². The van der Waals surface area contributed by atoms with E-state index in [0.717, 1.165) is 32.5 Å². The lowest BCUT2D eigenvalue weighted by atomic mass is 10.1. The van der Waals surface area contributed by atoms with Crippen LogP contribution in [0.15, 0.2) is 0 Å². The van der Waals surface area contributed by atoms with Crippen molar-refractivity contribution in [3.63, 3.8) is 0 Å². The van der Waals surface area contributed by atoms with Gasteiger partial charge in [-0.05, 0) is 26.7 Å². The quantitative estimate of drug-likeness (QED) is 0.715. The first kappa shape index (κ1) is 18.8. The molecule has 2 N–H and O–H groups in total. The van der Waals surface area contributed by atoms with E-state index in [-0.39, 0.29) is 5.54 Å². The smallest absolute Gasteiger partial charge is 0.282 e. The average Bonchev–Trinajstić information content (AvgIpc) is 2.37. The number of nitrogens with zero attached hydrogens (tertiary/aromatic N) is 3. The fourth-order valence-electron chi connectivity index (χ4n) is 2.70. The maximum Gasteiger partial charge on any atom is 0.282 e. The summed E-state index contributed by atoms with van der Waals surface area (Å²) in [6, 6.07) is 0. The molecule has 0 radical (unpaired) electrons. The minimum Gasteiger partial charge on any atom is -0.324 e. The van der Waals surface area contributed by atoms with Gasteiger partial charge in [0.25, 0.3) is 10.2 Å². The first-order chi connectivity index (χ1) is 9.70. The second kappa shape index (κ2) is 7.87. The van der Waals surface area contributed by atoms with Crippen LogP contribution in [0.2, 0.25) is 0 Å². The Kier molecular flexibility index (Phi) is 7.06. The third-order valence-electron chi connectivity index (χ3n) is 3.56. The van der Waals surface area contributed by atoms with E-state index in [1.54, 1.807) is 8.61 Å². The Hall–Kier alpha value is -0.210. The Balaban J connectivity index is 2.62. The number of rotatable bonds is 8. The molecule has 6 nitrogen and oxygen atoms in total. The lowest BCUT2D eigenvalue weighted by Crippen LogP contribution is -2.56. The van der Waals surface area contributed by atoms with Crippen LogP contribution in [0.5, 0.6) is 0 Å². The predicted octanol–water partition coefficient (Wildman–Crippen LogP) is 0.708. The fraction of sp³-hybridized carbons (Fsp3) is 1.00. The molecule has 0 aliphatic carbocycles. The molecule has 0 bridgehead atoms. The van der Waals surface area contributed by atoms with E-state index < -0.39 is 10.2 Å². The van der Waals surface area contributed by atoms with Gasteiger partial charge in [-0.1, -0.05) is 13.8 Å². The maximum atomic E-state index is 12.7. The van der Waals surface area contributed by atoms with E-state index in [4.69, 9.17) is 5.73 Å². The summed E-state index contributed by atoms with van der Waals surface area (Å²) in [6.07, 6.45) is 1.70. The molecule has 1 heterocycles. The van der Waals surface area contributed by atoms with Crippen LogP contribution < -0.4 is 5.73 Å². The molecule has 1 aliphatic rings. The van der Waals surface area contributed by atoms with Crippen LogP contribution in [-0.4, -0.2) is 73.3 Å². The van der Waals surface area contributed by atoms with Crippen LogP contribution >= 0.6 is 0 Å². The predicted molar refractivity (Wildman–Crippen MR) is 87.4 cm³/mol. The molecule has 0 saturated carbocycles. The number of hydrogen-bond donors (Lipinski definition) is 1. The molecule has 0 atom stereocenters. The number of hydrogen-bond acceptors (Lipinski definition) is 4.